The van der Waals surface area contributed by atoms with Crippen LogP contribution < -0.4 is 10.6 Å². The number of urea groups is 1. The Bertz CT molecular complexity index is 477. The molecule has 0 aromatic heterocycles. The quantitative estimate of drug-likeness (QED) is 0.723. The van der Waals surface area contributed by atoms with Crippen molar-refractivity contribution in [2.24, 2.45) is 0 Å². The molecule has 1 aromatic rings. The summed E-state index contributed by atoms with van der Waals surface area (Å²) in [6, 6.07) is 7.21. The highest BCUT2D eigenvalue weighted by atomic mass is 16.4. The van der Waals surface area contributed by atoms with Crippen LogP contribution in [0.25, 0.3) is 0 Å². The molecule has 1 aromatic carbocycles. The number of carbonyl (C=O) groups is 2. The van der Waals surface area contributed by atoms with Gasteiger partial charge in [-0.05, 0) is 18.4 Å². The fourth-order valence-corrected chi connectivity index (χ4v) is 2.03. The molecule has 1 atom stereocenters. The molecular weight excluding hydrogens is 244 g/mol. The molecule has 100 valence electrons. The maximum absolute atomic E-state index is 11.8. The van der Waals surface area contributed by atoms with Gasteiger partial charge in [-0.25, -0.2) is 9.59 Å². The molecule has 0 radical (unpaired) electrons. The van der Waals surface area contributed by atoms with Gasteiger partial charge in [0, 0.05) is 6.04 Å². The molecule has 0 saturated heterocycles. The predicted molar refractivity (Wildman–Crippen MR) is 70.6 cm³/mol. The first-order valence-electron chi connectivity index (χ1n) is 6.16. The number of carbonyl (C=O) groups excluding carboxylic acids is 1. The number of carboxylic acid groups (broad SMARTS) is 1. The molecule has 0 heterocycles. The highest BCUT2D eigenvalue weighted by molar-refractivity contribution is 5.83. The summed E-state index contributed by atoms with van der Waals surface area (Å²) in [5, 5.41) is 14.4. The molecule has 1 aliphatic carbocycles. The van der Waals surface area contributed by atoms with Crippen molar-refractivity contribution in [3.05, 3.63) is 48.0 Å². The summed E-state index contributed by atoms with van der Waals surface area (Å²) in [7, 11) is 0. The SMILES string of the molecule is O=C(NC1CC=CC1)N[C@H](C(=O)O)c1ccccc1. The van der Waals surface area contributed by atoms with E-state index in [9.17, 15) is 14.7 Å². The van der Waals surface area contributed by atoms with Crippen molar-refractivity contribution in [2.75, 3.05) is 0 Å². The third kappa shape index (κ3) is 3.58. The average molecular weight is 260 g/mol. The zero-order valence-electron chi connectivity index (χ0n) is 10.4. The second-order valence-corrected chi connectivity index (χ2v) is 4.44. The van der Waals surface area contributed by atoms with Crippen molar-refractivity contribution in [1.82, 2.24) is 10.6 Å². The first-order chi connectivity index (χ1) is 9.16. The van der Waals surface area contributed by atoms with Crippen LogP contribution in [0.5, 0.6) is 0 Å². The minimum Gasteiger partial charge on any atom is -0.479 e. The number of rotatable bonds is 4. The van der Waals surface area contributed by atoms with E-state index in [1.165, 1.54) is 0 Å². The second kappa shape index (κ2) is 6.04. The molecule has 2 rings (SSSR count). The molecule has 1 aliphatic rings. The van der Waals surface area contributed by atoms with Gasteiger partial charge in [-0.15, -0.1) is 0 Å². The summed E-state index contributed by atoms with van der Waals surface area (Å²) in [6.45, 7) is 0. The average Bonchev–Trinajstić information content (AvgIpc) is 2.89. The molecule has 0 fully saturated rings. The van der Waals surface area contributed by atoms with E-state index in [0.29, 0.717) is 5.56 Å². The van der Waals surface area contributed by atoms with E-state index >= 15 is 0 Å². The fourth-order valence-electron chi connectivity index (χ4n) is 2.03. The highest BCUT2D eigenvalue weighted by Gasteiger charge is 2.23. The molecule has 19 heavy (non-hydrogen) atoms. The molecule has 0 spiro atoms. The van der Waals surface area contributed by atoms with Crippen LogP contribution in [0.1, 0.15) is 24.4 Å². The summed E-state index contributed by atoms with van der Waals surface area (Å²) in [5.74, 6) is -1.08. The number of hydrogen-bond donors (Lipinski definition) is 3. The Labute approximate surface area is 111 Å². The van der Waals surface area contributed by atoms with Crippen LogP contribution in [-0.4, -0.2) is 23.1 Å². The Kier molecular flexibility index (Phi) is 4.18. The number of aliphatic carboxylic acids is 1. The lowest BCUT2D eigenvalue weighted by Gasteiger charge is -2.18. The topological polar surface area (TPSA) is 78.4 Å². The Morgan fingerprint density at radius 1 is 1.16 bits per heavy atom. The first-order valence-corrected chi connectivity index (χ1v) is 6.16. The lowest BCUT2D eigenvalue weighted by Crippen LogP contribution is -2.44. The predicted octanol–water partition coefficient (Wildman–Crippen LogP) is 1.83. The van der Waals surface area contributed by atoms with Gasteiger partial charge in [-0.1, -0.05) is 42.5 Å². The monoisotopic (exact) mass is 260 g/mol. The van der Waals surface area contributed by atoms with E-state index < -0.39 is 18.0 Å². The van der Waals surface area contributed by atoms with Crippen molar-refractivity contribution in [1.29, 1.82) is 0 Å². The summed E-state index contributed by atoms with van der Waals surface area (Å²) in [4.78, 5) is 23.0. The van der Waals surface area contributed by atoms with Gasteiger partial charge in [0.25, 0.3) is 0 Å². The number of amides is 2. The zero-order valence-corrected chi connectivity index (χ0v) is 10.4. The number of benzene rings is 1. The van der Waals surface area contributed by atoms with Gasteiger partial charge >= 0.3 is 12.0 Å². The Morgan fingerprint density at radius 2 is 1.79 bits per heavy atom. The molecule has 5 heteroatoms. The summed E-state index contributed by atoms with van der Waals surface area (Å²) < 4.78 is 0. The lowest BCUT2D eigenvalue weighted by molar-refractivity contribution is -0.139. The van der Waals surface area contributed by atoms with Crippen LogP contribution in [0, 0.1) is 0 Å². The minimum atomic E-state index is -1.08. The van der Waals surface area contributed by atoms with Gasteiger partial charge in [-0.3, -0.25) is 0 Å². The fraction of sp³-hybridized carbons (Fsp3) is 0.286. The van der Waals surface area contributed by atoms with E-state index in [2.05, 4.69) is 10.6 Å². The Balaban J connectivity index is 1.97. The largest absolute Gasteiger partial charge is 0.479 e. The van der Waals surface area contributed by atoms with Gasteiger partial charge in [0.05, 0.1) is 0 Å². The van der Waals surface area contributed by atoms with Crippen molar-refractivity contribution in [2.45, 2.75) is 24.9 Å². The molecular formula is C14H16N2O3. The van der Waals surface area contributed by atoms with Crippen molar-refractivity contribution in [3.63, 3.8) is 0 Å². The van der Waals surface area contributed by atoms with Crippen molar-refractivity contribution < 1.29 is 14.7 Å². The van der Waals surface area contributed by atoms with Gasteiger partial charge in [-0.2, -0.15) is 0 Å². The Hall–Kier alpha value is -2.30. The first kappa shape index (κ1) is 13.1. The molecule has 0 bridgehead atoms. The van der Waals surface area contributed by atoms with Gasteiger partial charge < -0.3 is 15.7 Å². The third-order valence-electron chi connectivity index (χ3n) is 3.00. The molecule has 2 amide bonds. The summed E-state index contributed by atoms with van der Waals surface area (Å²) in [5.41, 5.74) is 0.551. The van der Waals surface area contributed by atoms with Crippen LogP contribution in [0.2, 0.25) is 0 Å². The number of hydrogen-bond acceptors (Lipinski definition) is 2. The molecule has 0 aliphatic heterocycles. The highest BCUT2D eigenvalue weighted by Crippen LogP contribution is 2.13. The lowest BCUT2D eigenvalue weighted by atomic mass is 10.1. The molecule has 3 N–H and O–H groups in total. The minimum absolute atomic E-state index is 0.0604. The van der Waals surface area contributed by atoms with E-state index in [1.807, 2.05) is 12.2 Å². The maximum atomic E-state index is 11.8. The normalized spacial score (nSPS) is 16.0. The molecule has 0 unspecified atom stereocenters. The van der Waals surface area contributed by atoms with Crippen LogP contribution in [0.4, 0.5) is 4.79 Å². The van der Waals surface area contributed by atoms with Gasteiger partial charge in [0.1, 0.15) is 0 Å². The smallest absolute Gasteiger partial charge is 0.330 e. The molecule has 0 saturated carbocycles. The number of carboxylic acids is 1. The van der Waals surface area contributed by atoms with Gasteiger partial charge in [0.2, 0.25) is 0 Å². The second-order valence-electron chi connectivity index (χ2n) is 4.44. The van der Waals surface area contributed by atoms with Crippen LogP contribution >= 0.6 is 0 Å². The van der Waals surface area contributed by atoms with Crippen LogP contribution in [0.3, 0.4) is 0 Å². The van der Waals surface area contributed by atoms with E-state index in [0.717, 1.165) is 12.8 Å². The van der Waals surface area contributed by atoms with E-state index in [-0.39, 0.29) is 6.04 Å². The maximum Gasteiger partial charge on any atom is 0.330 e. The van der Waals surface area contributed by atoms with Gasteiger partial charge in [0.15, 0.2) is 6.04 Å². The zero-order chi connectivity index (χ0) is 13.7. The summed E-state index contributed by atoms with van der Waals surface area (Å²) in [6.07, 6.45) is 5.57. The summed E-state index contributed by atoms with van der Waals surface area (Å²) >= 11 is 0. The van der Waals surface area contributed by atoms with Crippen molar-refractivity contribution in [3.8, 4) is 0 Å². The van der Waals surface area contributed by atoms with Crippen LogP contribution in [0.15, 0.2) is 42.5 Å². The van der Waals surface area contributed by atoms with E-state index in [1.54, 1.807) is 30.3 Å². The van der Waals surface area contributed by atoms with E-state index in [4.69, 9.17) is 0 Å². The Morgan fingerprint density at radius 3 is 2.37 bits per heavy atom. The number of nitrogens with one attached hydrogen (secondary N) is 2. The van der Waals surface area contributed by atoms with Crippen molar-refractivity contribution >= 4 is 12.0 Å². The standard InChI is InChI=1S/C14H16N2O3/c17-13(18)12(10-6-2-1-3-7-10)16-14(19)15-11-8-4-5-9-11/h1-7,11-12H,8-9H2,(H,17,18)(H2,15,16,19)/t12-/m0/s1. The third-order valence-corrected chi connectivity index (χ3v) is 3.00. The molecule has 5 nitrogen and oxygen atoms in total. The van der Waals surface area contributed by atoms with Crippen LogP contribution in [-0.2, 0) is 4.79 Å².